The summed E-state index contributed by atoms with van der Waals surface area (Å²) in [5.41, 5.74) is 1.27. The molecule has 0 radical (unpaired) electrons. The van der Waals surface area contributed by atoms with Crippen LogP contribution in [0.3, 0.4) is 0 Å². The van der Waals surface area contributed by atoms with Crippen LogP contribution < -0.4 is 5.32 Å². The van der Waals surface area contributed by atoms with E-state index in [0.29, 0.717) is 43.7 Å². The van der Waals surface area contributed by atoms with Crippen LogP contribution >= 0.6 is 0 Å². The van der Waals surface area contributed by atoms with E-state index in [1.165, 1.54) is 10.4 Å². The van der Waals surface area contributed by atoms with Gasteiger partial charge in [-0.05, 0) is 69.1 Å². The molecular formula is C23H28FN3O3S. The quantitative estimate of drug-likeness (QED) is 0.739. The predicted molar refractivity (Wildman–Crippen MR) is 117 cm³/mol. The second-order valence-corrected chi connectivity index (χ2v) is 10.2. The smallest absolute Gasteiger partial charge is 0.243 e. The molecule has 1 amide bonds. The normalized spacial score (nSPS) is 18.9. The monoisotopic (exact) mass is 445 g/mol. The Bertz CT molecular complexity index is 1010. The van der Waals surface area contributed by atoms with Crippen LogP contribution in [0, 0.1) is 11.7 Å². The number of amides is 1. The molecule has 0 spiro atoms. The van der Waals surface area contributed by atoms with Crippen molar-refractivity contribution in [3.05, 3.63) is 59.9 Å². The minimum atomic E-state index is -3.45. The highest BCUT2D eigenvalue weighted by Crippen LogP contribution is 2.24. The van der Waals surface area contributed by atoms with E-state index in [1.54, 1.807) is 36.4 Å². The Balaban J connectivity index is 1.29. The van der Waals surface area contributed by atoms with Gasteiger partial charge >= 0.3 is 0 Å². The number of benzene rings is 2. The fourth-order valence-electron chi connectivity index (χ4n) is 4.25. The van der Waals surface area contributed by atoms with Crippen LogP contribution in [0.25, 0.3) is 0 Å². The molecule has 2 aromatic rings. The number of carbonyl (C=O) groups excluding carboxylic acids is 1. The SMILES string of the molecule is O=C(Nc1ccc(S(=O)(=O)N2CCCC2)cc1)C1CCN(Cc2ccccc2F)CC1. The van der Waals surface area contributed by atoms with Gasteiger partial charge in [-0.25, -0.2) is 12.8 Å². The van der Waals surface area contributed by atoms with Crippen LogP contribution in [0.2, 0.25) is 0 Å². The molecule has 4 rings (SSSR count). The summed E-state index contributed by atoms with van der Waals surface area (Å²) in [6.45, 7) is 3.15. The third-order valence-corrected chi connectivity index (χ3v) is 8.05. The summed E-state index contributed by atoms with van der Waals surface area (Å²) in [7, 11) is -3.45. The molecule has 0 aromatic heterocycles. The summed E-state index contributed by atoms with van der Waals surface area (Å²) in [6.07, 6.45) is 3.21. The number of anilines is 1. The highest BCUT2D eigenvalue weighted by molar-refractivity contribution is 7.89. The molecule has 2 aliphatic heterocycles. The molecule has 0 bridgehead atoms. The van der Waals surface area contributed by atoms with Crippen molar-refractivity contribution in [2.45, 2.75) is 37.1 Å². The van der Waals surface area contributed by atoms with Gasteiger partial charge in [0.05, 0.1) is 4.90 Å². The molecule has 1 N–H and O–H groups in total. The van der Waals surface area contributed by atoms with Crippen molar-refractivity contribution in [3.8, 4) is 0 Å². The summed E-state index contributed by atoms with van der Waals surface area (Å²) in [4.78, 5) is 15.1. The second kappa shape index (κ2) is 9.46. The van der Waals surface area contributed by atoms with E-state index in [9.17, 15) is 17.6 Å². The van der Waals surface area contributed by atoms with Crippen LogP contribution in [-0.2, 0) is 21.4 Å². The Kier molecular flexibility index (Phi) is 6.69. The Labute approximate surface area is 183 Å². The summed E-state index contributed by atoms with van der Waals surface area (Å²) in [5.74, 6) is -0.358. The minimum absolute atomic E-state index is 0.0549. The van der Waals surface area contributed by atoms with E-state index >= 15 is 0 Å². The molecular weight excluding hydrogens is 417 g/mol. The fraction of sp³-hybridized carbons (Fsp3) is 0.435. The Morgan fingerprint density at radius 3 is 2.26 bits per heavy atom. The van der Waals surface area contributed by atoms with Gasteiger partial charge in [0, 0.05) is 36.8 Å². The lowest BCUT2D eigenvalue weighted by Crippen LogP contribution is -2.37. The van der Waals surface area contributed by atoms with E-state index in [2.05, 4.69) is 10.2 Å². The van der Waals surface area contributed by atoms with Crippen molar-refractivity contribution in [3.63, 3.8) is 0 Å². The molecule has 31 heavy (non-hydrogen) atoms. The van der Waals surface area contributed by atoms with E-state index in [1.807, 2.05) is 6.07 Å². The molecule has 0 saturated carbocycles. The van der Waals surface area contributed by atoms with Gasteiger partial charge in [0.2, 0.25) is 15.9 Å². The third-order valence-electron chi connectivity index (χ3n) is 6.13. The molecule has 2 heterocycles. The lowest BCUT2D eigenvalue weighted by Gasteiger charge is -2.31. The average molecular weight is 446 g/mol. The van der Waals surface area contributed by atoms with Crippen molar-refractivity contribution in [2.75, 3.05) is 31.5 Å². The van der Waals surface area contributed by atoms with Crippen LogP contribution in [0.5, 0.6) is 0 Å². The van der Waals surface area contributed by atoms with Gasteiger partial charge in [0.25, 0.3) is 0 Å². The van der Waals surface area contributed by atoms with Gasteiger partial charge < -0.3 is 5.32 Å². The fourth-order valence-corrected chi connectivity index (χ4v) is 5.77. The number of piperidine rings is 1. The number of rotatable bonds is 6. The first-order chi connectivity index (χ1) is 14.9. The zero-order chi connectivity index (χ0) is 21.8. The first-order valence-electron chi connectivity index (χ1n) is 10.8. The first kappa shape index (κ1) is 21.9. The molecule has 0 aliphatic carbocycles. The number of hydrogen-bond donors (Lipinski definition) is 1. The van der Waals surface area contributed by atoms with Gasteiger partial charge in [-0.2, -0.15) is 4.31 Å². The number of nitrogens with zero attached hydrogens (tertiary/aromatic N) is 2. The third kappa shape index (κ3) is 5.14. The number of nitrogens with one attached hydrogen (secondary N) is 1. The summed E-state index contributed by atoms with van der Waals surface area (Å²) in [5, 5.41) is 2.91. The molecule has 0 unspecified atom stereocenters. The van der Waals surface area contributed by atoms with Crippen LogP contribution in [0.15, 0.2) is 53.4 Å². The van der Waals surface area contributed by atoms with Crippen molar-refractivity contribution < 1.29 is 17.6 Å². The van der Waals surface area contributed by atoms with E-state index < -0.39 is 10.0 Å². The Morgan fingerprint density at radius 1 is 0.968 bits per heavy atom. The maximum absolute atomic E-state index is 13.9. The first-order valence-corrected chi connectivity index (χ1v) is 12.2. The lowest BCUT2D eigenvalue weighted by molar-refractivity contribution is -0.121. The molecule has 2 aromatic carbocycles. The summed E-state index contributed by atoms with van der Waals surface area (Å²) < 4.78 is 40.6. The molecule has 2 saturated heterocycles. The van der Waals surface area contributed by atoms with Crippen LogP contribution in [0.1, 0.15) is 31.2 Å². The number of halogens is 1. The van der Waals surface area contributed by atoms with Gasteiger partial charge in [-0.15, -0.1) is 0 Å². The highest BCUT2D eigenvalue weighted by atomic mass is 32.2. The van der Waals surface area contributed by atoms with E-state index in [0.717, 1.165) is 25.9 Å². The lowest BCUT2D eigenvalue weighted by atomic mass is 9.95. The number of hydrogen-bond acceptors (Lipinski definition) is 4. The molecule has 166 valence electrons. The van der Waals surface area contributed by atoms with Gasteiger partial charge in [-0.3, -0.25) is 9.69 Å². The van der Waals surface area contributed by atoms with Crippen LogP contribution in [-0.4, -0.2) is 49.7 Å². The number of likely N-dealkylation sites (tertiary alicyclic amines) is 1. The topological polar surface area (TPSA) is 69.7 Å². The summed E-state index contributed by atoms with van der Waals surface area (Å²) in [6, 6.07) is 13.2. The van der Waals surface area contributed by atoms with Crippen molar-refractivity contribution in [1.29, 1.82) is 0 Å². The maximum Gasteiger partial charge on any atom is 0.243 e. The number of sulfonamides is 1. The zero-order valence-corrected chi connectivity index (χ0v) is 18.3. The van der Waals surface area contributed by atoms with Crippen molar-refractivity contribution >= 4 is 21.6 Å². The zero-order valence-electron chi connectivity index (χ0n) is 17.5. The number of carbonyl (C=O) groups is 1. The maximum atomic E-state index is 13.9. The van der Waals surface area contributed by atoms with Crippen LogP contribution in [0.4, 0.5) is 10.1 Å². The summed E-state index contributed by atoms with van der Waals surface area (Å²) >= 11 is 0. The molecule has 0 atom stereocenters. The average Bonchev–Trinajstić information content (AvgIpc) is 3.32. The minimum Gasteiger partial charge on any atom is -0.326 e. The molecule has 6 nitrogen and oxygen atoms in total. The standard InChI is InChI=1S/C23H28FN3O3S/c24-22-6-2-1-5-19(22)17-26-15-11-18(12-16-26)23(28)25-20-7-9-21(10-8-20)31(29,30)27-13-3-4-14-27/h1-2,5-10,18H,3-4,11-17H2,(H,25,28). The highest BCUT2D eigenvalue weighted by Gasteiger charge is 2.28. The van der Waals surface area contributed by atoms with Gasteiger partial charge in [0.1, 0.15) is 5.82 Å². The van der Waals surface area contributed by atoms with Gasteiger partial charge in [-0.1, -0.05) is 18.2 Å². The van der Waals surface area contributed by atoms with E-state index in [-0.39, 0.29) is 22.5 Å². The molecule has 2 fully saturated rings. The second-order valence-electron chi connectivity index (χ2n) is 8.27. The largest absolute Gasteiger partial charge is 0.326 e. The molecule has 2 aliphatic rings. The van der Waals surface area contributed by atoms with Gasteiger partial charge in [0.15, 0.2) is 0 Å². The predicted octanol–water partition coefficient (Wildman–Crippen LogP) is 3.46. The molecule has 8 heteroatoms. The Morgan fingerprint density at radius 2 is 1.61 bits per heavy atom. The van der Waals surface area contributed by atoms with Crippen molar-refractivity contribution in [2.24, 2.45) is 5.92 Å². The Hall–Kier alpha value is -2.29. The van der Waals surface area contributed by atoms with Crippen molar-refractivity contribution in [1.82, 2.24) is 9.21 Å². The van der Waals surface area contributed by atoms with E-state index in [4.69, 9.17) is 0 Å².